The van der Waals surface area contributed by atoms with E-state index in [0.29, 0.717) is 17.1 Å². The van der Waals surface area contributed by atoms with Crippen molar-refractivity contribution in [3.05, 3.63) is 65.7 Å². The summed E-state index contributed by atoms with van der Waals surface area (Å²) >= 11 is 0. The second kappa shape index (κ2) is 9.47. The Hall–Kier alpha value is -4.29. The second-order valence-corrected chi connectivity index (χ2v) is 9.79. The number of hydrogen-bond donors (Lipinski definition) is 2. The molecule has 1 saturated carbocycles. The Morgan fingerprint density at radius 3 is 2.59 bits per heavy atom. The molecule has 1 aliphatic carbocycles. The lowest BCUT2D eigenvalue weighted by Gasteiger charge is -2.15. The van der Waals surface area contributed by atoms with E-state index in [1.54, 1.807) is 24.7 Å². The Kier molecular flexibility index (Phi) is 6.07. The number of nitrogens with zero attached hydrogens (tertiary/aromatic N) is 5. The molecule has 1 fully saturated rings. The van der Waals surface area contributed by atoms with Gasteiger partial charge in [0.05, 0.1) is 24.0 Å². The predicted molar refractivity (Wildman–Crippen MR) is 132 cm³/mol. The van der Waals surface area contributed by atoms with Crippen LogP contribution in [-0.4, -0.2) is 37.0 Å². The van der Waals surface area contributed by atoms with Crippen molar-refractivity contribution in [3.63, 3.8) is 0 Å². The molecule has 1 amide bonds. The Morgan fingerprint density at radius 2 is 1.87 bits per heavy atom. The number of anilines is 3. The topological polar surface area (TPSA) is 111 Å². The minimum absolute atomic E-state index is 0.0898. The lowest BCUT2D eigenvalue weighted by molar-refractivity contribution is -0.165. The first-order chi connectivity index (χ1) is 18.7. The molecular weight excluding hydrogens is 518 g/mol. The first kappa shape index (κ1) is 25.0. The minimum Gasteiger partial charge on any atom is -0.358 e. The number of rotatable bonds is 7. The van der Waals surface area contributed by atoms with E-state index in [2.05, 4.69) is 30.9 Å². The summed E-state index contributed by atoms with van der Waals surface area (Å²) in [6.07, 6.45) is 3.07. The molecular formula is C26H23F4N7O2. The number of nitrogens with one attached hydrogen (secondary N) is 2. The summed E-state index contributed by atoms with van der Waals surface area (Å²) in [5.41, 5.74) is 1.16. The van der Waals surface area contributed by atoms with Gasteiger partial charge in [-0.15, -0.1) is 0 Å². The Bertz CT molecular complexity index is 1520. The van der Waals surface area contributed by atoms with Crippen LogP contribution in [0.5, 0.6) is 0 Å². The number of amides is 1. The number of fused-ring (bicyclic) bond motifs is 1. The van der Waals surface area contributed by atoms with E-state index in [1.165, 1.54) is 12.1 Å². The first-order valence-electron chi connectivity index (χ1n) is 12.5. The van der Waals surface area contributed by atoms with Gasteiger partial charge in [-0.25, -0.2) is 14.4 Å². The molecule has 0 unspecified atom stereocenters. The quantitative estimate of drug-likeness (QED) is 0.305. The van der Waals surface area contributed by atoms with Gasteiger partial charge in [0.1, 0.15) is 11.2 Å². The van der Waals surface area contributed by atoms with E-state index in [0.717, 1.165) is 43.3 Å². The number of hydrogen-bond acceptors (Lipinski definition) is 7. The van der Waals surface area contributed by atoms with Crippen molar-refractivity contribution in [3.8, 4) is 11.1 Å². The van der Waals surface area contributed by atoms with Gasteiger partial charge < -0.3 is 15.2 Å². The van der Waals surface area contributed by atoms with Crippen LogP contribution in [0.2, 0.25) is 0 Å². The smallest absolute Gasteiger partial charge is 0.358 e. The molecule has 202 valence electrons. The fourth-order valence-corrected chi connectivity index (χ4v) is 4.77. The number of benzene rings is 1. The monoisotopic (exact) mass is 541 g/mol. The van der Waals surface area contributed by atoms with Gasteiger partial charge in [-0.1, -0.05) is 17.3 Å². The molecule has 0 radical (unpaired) electrons. The van der Waals surface area contributed by atoms with Crippen LogP contribution in [0.4, 0.5) is 35.0 Å². The summed E-state index contributed by atoms with van der Waals surface area (Å²) in [6.45, 7) is 0.893. The summed E-state index contributed by atoms with van der Waals surface area (Å²) < 4.78 is 61.4. The zero-order chi connectivity index (χ0) is 27.2. The molecule has 13 heteroatoms. The fraction of sp³-hybridized carbons (Fsp3) is 0.346. The van der Waals surface area contributed by atoms with E-state index >= 15 is 0 Å². The highest BCUT2D eigenvalue weighted by Gasteiger charge is 2.66. The molecule has 1 aliphatic heterocycles. The maximum Gasteiger partial charge on any atom is 0.401 e. The fourth-order valence-electron chi connectivity index (χ4n) is 4.77. The Morgan fingerprint density at radius 1 is 1.08 bits per heavy atom. The van der Waals surface area contributed by atoms with Crippen LogP contribution in [0.1, 0.15) is 42.7 Å². The molecule has 1 aromatic carbocycles. The van der Waals surface area contributed by atoms with Gasteiger partial charge in [-0.05, 0) is 49.3 Å². The largest absolute Gasteiger partial charge is 0.401 e. The standard InChI is InChI=1S/C26H23F4N7O2/c27-18-9-15(17-12-31-24(32-13-17)34-19-14-33-37-8-2-1-3-20(19)37)4-5-16(18)10-23(38)35-22-11-21(39-36-22)25(6-7-25)26(28,29)30/h4-5,9,11-14H,1-3,6-8,10H2,(H,31,32,34)(H,35,36,38). The van der Waals surface area contributed by atoms with Gasteiger partial charge in [-0.2, -0.15) is 18.3 Å². The summed E-state index contributed by atoms with van der Waals surface area (Å²) in [5.74, 6) is -1.35. The average molecular weight is 542 g/mol. The number of alkyl halides is 3. The third-order valence-electron chi connectivity index (χ3n) is 7.16. The molecule has 6 rings (SSSR count). The molecule has 0 atom stereocenters. The summed E-state index contributed by atoms with van der Waals surface area (Å²) in [6, 6.07) is 5.45. The highest BCUT2D eigenvalue weighted by atomic mass is 19.4. The van der Waals surface area contributed by atoms with Crippen molar-refractivity contribution in [1.82, 2.24) is 24.9 Å². The van der Waals surface area contributed by atoms with E-state index in [-0.39, 0.29) is 36.4 Å². The van der Waals surface area contributed by atoms with E-state index in [9.17, 15) is 22.4 Å². The zero-order valence-electron chi connectivity index (χ0n) is 20.6. The molecule has 39 heavy (non-hydrogen) atoms. The zero-order valence-corrected chi connectivity index (χ0v) is 20.6. The molecule has 3 aromatic heterocycles. The molecule has 0 spiro atoms. The van der Waals surface area contributed by atoms with E-state index < -0.39 is 23.3 Å². The number of carbonyl (C=O) groups excluding carboxylic acids is 1. The van der Waals surface area contributed by atoms with Gasteiger partial charge in [0.25, 0.3) is 0 Å². The predicted octanol–water partition coefficient (Wildman–Crippen LogP) is 5.32. The molecule has 4 aromatic rings. The highest BCUT2D eigenvalue weighted by Crippen LogP contribution is 2.59. The summed E-state index contributed by atoms with van der Waals surface area (Å²) in [4.78, 5) is 21.1. The van der Waals surface area contributed by atoms with Crippen LogP contribution >= 0.6 is 0 Å². The van der Waals surface area contributed by atoms with Gasteiger partial charge in [0.2, 0.25) is 11.9 Å². The highest BCUT2D eigenvalue weighted by molar-refractivity contribution is 5.91. The third kappa shape index (κ3) is 4.84. The van der Waals surface area contributed by atoms with Crippen LogP contribution in [0, 0.1) is 5.82 Å². The molecule has 4 heterocycles. The Balaban J connectivity index is 1.09. The van der Waals surface area contributed by atoms with Gasteiger partial charge in [-0.3, -0.25) is 9.48 Å². The van der Waals surface area contributed by atoms with Crippen molar-refractivity contribution in [2.45, 2.75) is 56.7 Å². The third-order valence-corrected chi connectivity index (χ3v) is 7.16. The average Bonchev–Trinajstić information content (AvgIpc) is 3.46. The second-order valence-electron chi connectivity index (χ2n) is 9.79. The maximum absolute atomic E-state index is 14.8. The number of aryl methyl sites for hydroxylation is 1. The van der Waals surface area contributed by atoms with Crippen LogP contribution in [0.15, 0.2) is 47.4 Å². The van der Waals surface area contributed by atoms with Crippen molar-refractivity contribution in [2.24, 2.45) is 0 Å². The normalized spacial score (nSPS) is 16.0. The van der Waals surface area contributed by atoms with Crippen LogP contribution in [0.3, 0.4) is 0 Å². The molecule has 0 saturated heterocycles. The molecule has 2 aliphatic rings. The molecule has 9 nitrogen and oxygen atoms in total. The Labute approximate surface area is 219 Å². The SMILES string of the molecule is O=C(Cc1ccc(-c2cnc(Nc3cnn4c3CCCC4)nc2)cc1F)Nc1cc(C2(C(F)(F)F)CC2)on1. The van der Waals surface area contributed by atoms with Crippen molar-refractivity contribution < 1.29 is 26.9 Å². The van der Waals surface area contributed by atoms with Gasteiger partial charge >= 0.3 is 6.18 Å². The van der Waals surface area contributed by atoms with Crippen LogP contribution in [-0.2, 0) is 29.6 Å². The maximum atomic E-state index is 14.8. The number of carbonyl (C=O) groups is 1. The number of halogens is 4. The van der Waals surface area contributed by atoms with E-state index in [1.807, 2.05) is 4.68 Å². The lowest BCUT2D eigenvalue weighted by atomic mass is 10.0. The van der Waals surface area contributed by atoms with Gasteiger partial charge in [0, 0.05) is 30.6 Å². The van der Waals surface area contributed by atoms with Crippen LogP contribution < -0.4 is 10.6 Å². The van der Waals surface area contributed by atoms with Crippen molar-refractivity contribution in [2.75, 3.05) is 10.6 Å². The number of aromatic nitrogens is 5. The van der Waals surface area contributed by atoms with Crippen LogP contribution in [0.25, 0.3) is 11.1 Å². The summed E-state index contributed by atoms with van der Waals surface area (Å²) in [7, 11) is 0. The molecule has 0 bridgehead atoms. The summed E-state index contributed by atoms with van der Waals surface area (Å²) in [5, 5.41) is 13.5. The van der Waals surface area contributed by atoms with E-state index in [4.69, 9.17) is 4.52 Å². The minimum atomic E-state index is -4.46. The lowest BCUT2D eigenvalue weighted by Crippen LogP contribution is -2.28. The molecule has 2 N–H and O–H groups in total. The van der Waals surface area contributed by atoms with Crippen molar-refractivity contribution in [1.29, 1.82) is 0 Å². The first-order valence-corrected chi connectivity index (χ1v) is 12.5. The van der Waals surface area contributed by atoms with Crippen molar-refractivity contribution >= 4 is 23.4 Å². The van der Waals surface area contributed by atoms with Gasteiger partial charge in [0.15, 0.2) is 11.6 Å².